The lowest BCUT2D eigenvalue weighted by Crippen LogP contribution is -2.45. The van der Waals surface area contributed by atoms with Crippen LogP contribution in [0.5, 0.6) is 5.75 Å². The summed E-state index contributed by atoms with van der Waals surface area (Å²) in [6.45, 7) is 1.51. The number of carbonyl (C=O) groups is 1. The highest BCUT2D eigenvalue weighted by atomic mass is 79.9. The molecule has 2 rings (SSSR count). The summed E-state index contributed by atoms with van der Waals surface area (Å²) < 4.78 is 31.4. The van der Waals surface area contributed by atoms with Crippen molar-refractivity contribution in [2.24, 2.45) is 0 Å². The van der Waals surface area contributed by atoms with Gasteiger partial charge in [-0.3, -0.25) is 9.10 Å². The first-order valence-electron chi connectivity index (χ1n) is 7.53. The maximum absolute atomic E-state index is 12.6. The summed E-state index contributed by atoms with van der Waals surface area (Å²) in [5, 5.41) is 3.12. The Morgan fingerprint density at radius 3 is 2.35 bits per heavy atom. The van der Waals surface area contributed by atoms with Crippen LogP contribution in [-0.2, 0) is 14.8 Å². The Morgan fingerprint density at radius 1 is 1.23 bits per heavy atom. The Kier molecular flexibility index (Phi) is 6.54. The zero-order chi connectivity index (χ0) is 19.5. The van der Waals surface area contributed by atoms with Crippen LogP contribution in [0.25, 0.3) is 0 Å². The van der Waals surface area contributed by atoms with Gasteiger partial charge in [-0.05, 0) is 65.3 Å². The molecule has 2 aromatic rings. The minimum absolute atomic E-state index is 0.366. The van der Waals surface area contributed by atoms with Gasteiger partial charge in [0.05, 0.1) is 24.1 Å². The minimum atomic E-state index is -3.69. The van der Waals surface area contributed by atoms with E-state index in [-0.39, 0.29) is 0 Å². The van der Waals surface area contributed by atoms with Crippen molar-refractivity contribution in [3.63, 3.8) is 0 Å². The molecule has 140 valence electrons. The average Bonchev–Trinajstić information content (AvgIpc) is 2.57. The van der Waals surface area contributed by atoms with E-state index < -0.39 is 22.0 Å². The third-order valence-corrected chi connectivity index (χ3v) is 6.08. The first kappa shape index (κ1) is 20.5. The third kappa shape index (κ3) is 4.90. The van der Waals surface area contributed by atoms with Gasteiger partial charge in [-0.15, -0.1) is 0 Å². The van der Waals surface area contributed by atoms with Crippen LogP contribution in [0, 0.1) is 0 Å². The van der Waals surface area contributed by atoms with Crippen LogP contribution in [0.1, 0.15) is 6.92 Å². The first-order chi connectivity index (χ1) is 12.1. The number of carbonyl (C=O) groups excluding carboxylic acids is 1. The second-order valence-electron chi connectivity index (χ2n) is 5.55. The number of rotatable bonds is 6. The van der Waals surface area contributed by atoms with Gasteiger partial charge in [0.2, 0.25) is 15.9 Å². The maximum atomic E-state index is 12.6. The topological polar surface area (TPSA) is 75.7 Å². The number of hydrogen-bond acceptors (Lipinski definition) is 4. The van der Waals surface area contributed by atoms with Crippen molar-refractivity contribution >= 4 is 54.8 Å². The van der Waals surface area contributed by atoms with Gasteiger partial charge in [0.15, 0.2) is 0 Å². The van der Waals surface area contributed by atoms with Crippen LogP contribution in [0.15, 0.2) is 46.9 Å². The number of nitrogens with zero attached hydrogens (tertiary/aromatic N) is 1. The molecule has 0 spiro atoms. The van der Waals surface area contributed by atoms with E-state index in [1.807, 2.05) is 0 Å². The Balaban J connectivity index is 2.29. The molecule has 0 unspecified atom stereocenters. The van der Waals surface area contributed by atoms with Crippen molar-refractivity contribution in [3.05, 3.63) is 52.0 Å². The van der Waals surface area contributed by atoms with Crippen LogP contribution < -0.4 is 14.4 Å². The highest BCUT2D eigenvalue weighted by Crippen LogP contribution is 2.27. The summed E-state index contributed by atoms with van der Waals surface area (Å²) in [7, 11) is -2.17. The second kappa shape index (κ2) is 8.28. The highest BCUT2D eigenvalue weighted by Gasteiger charge is 2.29. The van der Waals surface area contributed by atoms with Crippen molar-refractivity contribution in [1.29, 1.82) is 0 Å². The number of sulfonamides is 1. The molecule has 0 aromatic heterocycles. The predicted octanol–water partition coefficient (Wildman–Crippen LogP) is 3.90. The van der Waals surface area contributed by atoms with Crippen LogP contribution in [0.4, 0.5) is 11.4 Å². The molecule has 0 aliphatic heterocycles. The second-order valence-corrected chi connectivity index (χ2v) is 8.67. The molecule has 2 aromatic carbocycles. The molecule has 0 heterocycles. The summed E-state index contributed by atoms with van der Waals surface area (Å²) >= 11 is 9.29. The number of halogens is 2. The minimum Gasteiger partial charge on any atom is -0.497 e. The van der Waals surface area contributed by atoms with Crippen molar-refractivity contribution in [3.8, 4) is 5.75 Å². The lowest BCUT2D eigenvalue weighted by atomic mass is 10.2. The number of methoxy groups -OCH3 is 1. The molecule has 9 heteroatoms. The number of hydrogen-bond donors (Lipinski definition) is 1. The fourth-order valence-corrected chi connectivity index (χ4v) is 3.96. The number of benzene rings is 2. The van der Waals surface area contributed by atoms with E-state index in [9.17, 15) is 13.2 Å². The summed E-state index contributed by atoms with van der Waals surface area (Å²) in [6.07, 6.45) is 1.05. The fraction of sp³-hybridized carbons (Fsp3) is 0.235. The maximum Gasteiger partial charge on any atom is 0.247 e. The van der Waals surface area contributed by atoms with Gasteiger partial charge in [0, 0.05) is 10.2 Å². The van der Waals surface area contributed by atoms with Gasteiger partial charge in [-0.25, -0.2) is 8.42 Å². The lowest BCUT2D eigenvalue weighted by Gasteiger charge is -2.28. The Labute approximate surface area is 166 Å². The Hall–Kier alpha value is -1.77. The summed E-state index contributed by atoms with van der Waals surface area (Å²) in [5.74, 6) is 0.105. The molecule has 6 nitrogen and oxygen atoms in total. The third-order valence-electron chi connectivity index (χ3n) is 3.60. The van der Waals surface area contributed by atoms with Gasteiger partial charge in [0.1, 0.15) is 11.8 Å². The molecule has 0 saturated carbocycles. The summed E-state index contributed by atoms with van der Waals surface area (Å²) in [4.78, 5) is 12.6. The predicted molar refractivity (Wildman–Crippen MR) is 108 cm³/mol. The van der Waals surface area contributed by atoms with Crippen molar-refractivity contribution in [2.75, 3.05) is 23.0 Å². The SMILES string of the molecule is COc1ccc(N([C@@H](C)C(=O)Nc2ccc(Br)c(Cl)c2)S(C)(=O)=O)cc1. The standard InChI is InChI=1S/C17H18BrClN2O4S/c1-11(17(22)20-12-4-9-15(18)16(19)10-12)21(26(3,23)24)13-5-7-14(25-2)8-6-13/h4-11H,1-3H3,(H,20,22)/t11-/m0/s1. The zero-order valence-electron chi connectivity index (χ0n) is 14.4. The van der Waals surface area contributed by atoms with Gasteiger partial charge in [-0.1, -0.05) is 11.6 Å². The molecule has 1 N–H and O–H groups in total. The van der Waals surface area contributed by atoms with E-state index in [1.54, 1.807) is 42.5 Å². The quantitative estimate of drug-likeness (QED) is 0.708. The summed E-state index contributed by atoms with van der Waals surface area (Å²) in [6, 6.07) is 10.4. The van der Waals surface area contributed by atoms with Crippen molar-refractivity contribution in [1.82, 2.24) is 0 Å². The molecule has 0 bridgehead atoms. The van der Waals surface area contributed by atoms with E-state index in [4.69, 9.17) is 16.3 Å². The molecule has 0 saturated heterocycles. The monoisotopic (exact) mass is 460 g/mol. The first-order valence-corrected chi connectivity index (χ1v) is 10.5. The molecule has 0 fully saturated rings. The van der Waals surface area contributed by atoms with Crippen LogP contribution in [-0.4, -0.2) is 33.7 Å². The van der Waals surface area contributed by atoms with E-state index >= 15 is 0 Å². The van der Waals surface area contributed by atoms with E-state index in [1.165, 1.54) is 14.0 Å². The van der Waals surface area contributed by atoms with Gasteiger partial charge in [0.25, 0.3) is 0 Å². The molecular weight excluding hydrogens is 444 g/mol. The summed E-state index contributed by atoms with van der Waals surface area (Å²) in [5.41, 5.74) is 0.836. The molecule has 1 atom stereocenters. The fourth-order valence-electron chi connectivity index (χ4n) is 2.36. The van der Waals surface area contributed by atoms with Crippen molar-refractivity contribution in [2.45, 2.75) is 13.0 Å². The van der Waals surface area contributed by atoms with E-state index in [0.717, 1.165) is 10.6 Å². The molecule has 0 aliphatic rings. The van der Waals surface area contributed by atoms with Gasteiger partial charge < -0.3 is 10.1 Å². The molecule has 1 amide bonds. The average molecular weight is 462 g/mol. The van der Waals surface area contributed by atoms with E-state index in [2.05, 4.69) is 21.2 Å². The van der Waals surface area contributed by atoms with Gasteiger partial charge >= 0.3 is 0 Å². The number of ether oxygens (including phenoxy) is 1. The van der Waals surface area contributed by atoms with Gasteiger partial charge in [-0.2, -0.15) is 0 Å². The Bertz CT molecular complexity index is 903. The molecule has 26 heavy (non-hydrogen) atoms. The zero-order valence-corrected chi connectivity index (χ0v) is 17.5. The van der Waals surface area contributed by atoms with E-state index in [0.29, 0.717) is 26.6 Å². The lowest BCUT2D eigenvalue weighted by molar-refractivity contribution is -0.116. The smallest absolute Gasteiger partial charge is 0.247 e. The number of amides is 1. The largest absolute Gasteiger partial charge is 0.497 e. The number of nitrogens with one attached hydrogen (secondary N) is 1. The highest BCUT2D eigenvalue weighted by molar-refractivity contribution is 9.10. The van der Waals surface area contributed by atoms with Crippen molar-refractivity contribution < 1.29 is 17.9 Å². The number of anilines is 2. The van der Waals surface area contributed by atoms with Crippen LogP contribution in [0.3, 0.4) is 0 Å². The normalized spacial score (nSPS) is 12.3. The molecule has 0 radical (unpaired) electrons. The van der Waals surface area contributed by atoms with Crippen LogP contribution in [0.2, 0.25) is 5.02 Å². The molecule has 0 aliphatic carbocycles. The van der Waals surface area contributed by atoms with Crippen LogP contribution >= 0.6 is 27.5 Å². The molecular formula is C17H18BrClN2O4S. The Morgan fingerprint density at radius 2 is 1.85 bits per heavy atom.